The van der Waals surface area contributed by atoms with Crippen LogP contribution in [0.2, 0.25) is 0 Å². The maximum Gasteiger partial charge on any atom is 0.234 e. The highest BCUT2D eigenvalue weighted by Crippen LogP contribution is 2.36. The third-order valence-electron chi connectivity index (χ3n) is 3.54. The zero-order valence-corrected chi connectivity index (χ0v) is 11.4. The average Bonchev–Trinajstić information content (AvgIpc) is 2.76. The number of piperazine rings is 1. The molecule has 1 amide bonds. The van der Waals surface area contributed by atoms with E-state index >= 15 is 0 Å². The summed E-state index contributed by atoms with van der Waals surface area (Å²) >= 11 is 1.99. The molecular formula is C12H23N3OS. The summed E-state index contributed by atoms with van der Waals surface area (Å²) in [7, 11) is 0. The van der Waals surface area contributed by atoms with Gasteiger partial charge in [0.15, 0.2) is 0 Å². The predicted molar refractivity (Wildman–Crippen MR) is 72.4 cm³/mol. The number of thioether (sulfide) groups is 1. The van der Waals surface area contributed by atoms with Crippen molar-refractivity contribution in [1.29, 1.82) is 0 Å². The summed E-state index contributed by atoms with van der Waals surface area (Å²) in [5.41, 5.74) is 0. The van der Waals surface area contributed by atoms with E-state index in [9.17, 15) is 4.79 Å². The van der Waals surface area contributed by atoms with Gasteiger partial charge < -0.3 is 10.6 Å². The molecule has 0 bridgehead atoms. The number of hydrogen-bond donors (Lipinski definition) is 2. The third kappa shape index (κ3) is 4.16. The quantitative estimate of drug-likeness (QED) is 0.760. The van der Waals surface area contributed by atoms with Crippen molar-refractivity contribution in [2.75, 3.05) is 45.0 Å². The summed E-state index contributed by atoms with van der Waals surface area (Å²) in [6.45, 7) is 7.61. The van der Waals surface area contributed by atoms with Gasteiger partial charge in [-0.2, -0.15) is 11.8 Å². The minimum absolute atomic E-state index is 0.181. The molecule has 2 rings (SSSR count). The Morgan fingerprint density at radius 1 is 1.47 bits per heavy atom. The van der Waals surface area contributed by atoms with Crippen molar-refractivity contribution in [3.05, 3.63) is 0 Å². The molecule has 0 spiro atoms. The van der Waals surface area contributed by atoms with E-state index < -0.39 is 0 Å². The molecule has 1 atom stereocenters. The van der Waals surface area contributed by atoms with Crippen LogP contribution in [0.1, 0.15) is 19.8 Å². The summed E-state index contributed by atoms with van der Waals surface area (Å²) in [6, 6.07) is 0. The molecular weight excluding hydrogens is 234 g/mol. The molecule has 2 heterocycles. The fourth-order valence-corrected chi connectivity index (χ4v) is 3.63. The maximum absolute atomic E-state index is 11.8. The molecule has 2 N–H and O–H groups in total. The van der Waals surface area contributed by atoms with Crippen LogP contribution >= 0.6 is 11.8 Å². The first-order valence-electron chi connectivity index (χ1n) is 6.52. The van der Waals surface area contributed by atoms with E-state index in [1.807, 2.05) is 11.8 Å². The van der Waals surface area contributed by atoms with Crippen LogP contribution in [0.15, 0.2) is 0 Å². The van der Waals surface area contributed by atoms with E-state index in [-0.39, 0.29) is 10.7 Å². The highest BCUT2D eigenvalue weighted by Gasteiger charge is 2.29. The summed E-state index contributed by atoms with van der Waals surface area (Å²) < 4.78 is 0.277. The molecule has 0 aromatic rings. The number of nitrogens with one attached hydrogen (secondary N) is 2. The van der Waals surface area contributed by atoms with E-state index in [0.29, 0.717) is 6.54 Å². The lowest BCUT2D eigenvalue weighted by molar-refractivity contribution is -0.122. The Morgan fingerprint density at radius 3 is 2.88 bits per heavy atom. The van der Waals surface area contributed by atoms with Crippen molar-refractivity contribution in [3.63, 3.8) is 0 Å². The SMILES string of the molecule is CC1(CNC(=O)CN2CCNCC2)CCCS1. The van der Waals surface area contributed by atoms with Crippen molar-refractivity contribution >= 4 is 17.7 Å². The molecule has 2 aliphatic rings. The van der Waals surface area contributed by atoms with Crippen LogP contribution in [0.3, 0.4) is 0 Å². The molecule has 0 radical (unpaired) electrons. The molecule has 2 fully saturated rings. The molecule has 2 saturated heterocycles. The number of amides is 1. The van der Waals surface area contributed by atoms with Crippen molar-refractivity contribution < 1.29 is 4.79 Å². The number of nitrogens with zero attached hydrogens (tertiary/aromatic N) is 1. The Labute approximate surface area is 108 Å². The van der Waals surface area contributed by atoms with E-state index in [1.165, 1.54) is 18.6 Å². The Kier molecular flexibility index (Phi) is 4.70. The summed E-state index contributed by atoms with van der Waals surface area (Å²) in [5, 5.41) is 6.38. The number of hydrogen-bond acceptors (Lipinski definition) is 4. The molecule has 2 aliphatic heterocycles. The zero-order valence-electron chi connectivity index (χ0n) is 10.6. The van der Waals surface area contributed by atoms with Gasteiger partial charge in [0.2, 0.25) is 5.91 Å². The molecule has 17 heavy (non-hydrogen) atoms. The van der Waals surface area contributed by atoms with Crippen LogP contribution in [0, 0.1) is 0 Å². The van der Waals surface area contributed by atoms with Crippen LogP contribution in [-0.2, 0) is 4.79 Å². The second-order valence-electron chi connectivity index (χ2n) is 5.20. The summed E-state index contributed by atoms with van der Waals surface area (Å²) in [6.07, 6.45) is 2.51. The van der Waals surface area contributed by atoms with Crippen molar-refractivity contribution in [1.82, 2.24) is 15.5 Å². The van der Waals surface area contributed by atoms with Gasteiger partial charge in [-0.25, -0.2) is 0 Å². The Balaban J connectivity index is 1.66. The fraction of sp³-hybridized carbons (Fsp3) is 0.917. The van der Waals surface area contributed by atoms with Gasteiger partial charge >= 0.3 is 0 Å². The van der Waals surface area contributed by atoms with Crippen LogP contribution in [0.5, 0.6) is 0 Å². The Bertz CT molecular complexity index is 260. The molecule has 4 nitrogen and oxygen atoms in total. The lowest BCUT2D eigenvalue weighted by Gasteiger charge is -2.28. The van der Waals surface area contributed by atoms with Crippen LogP contribution < -0.4 is 10.6 Å². The van der Waals surface area contributed by atoms with E-state index in [4.69, 9.17) is 0 Å². The highest BCUT2D eigenvalue weighted by molar-refractivity contribution is 8.00. The summed E-state index contributed by atoms with van der Waals surface area (Å²) in [4.78, 5) is 14.0. The first kappa shape index (κ1) is 13.2. The zero-order chi connectivity index (χ0) is 12.1. The van der Waals surface area contributed by atoms with Gasteiger partial charge in [0.25, 0.3) is 0 Å². The minimum atomic E-state index is 0.181. The lowest BCUT2D eigenvalue weighted by Crippen LogP contribution is -2.48. The van der Waals surface area contributed by atoms with Gasteiger partial charge in [-0.05, 0) is 25.5 Å². The van der Waals surface area contributed by atoms with Gasteiger partial charge in [0.1, 0.15) is 0 Å². The highest BCUT2D eigenvalue weighted by atomic mass is 32.2. The van der Waals surface area contributed by atoms with E-state index in [1.54, 1.807) is 0 Å². The second-order valence-corrected chi connectivity index (χ2v) is 6.89. The molecule has 0 aliphatic carbocycles. The smallest absolute Gasteiger partial charge is 0.234 e. The van der Waals surface area contributed by atoms with E-state index in [2.05, 4.69) is 22.5 Å². The average molecular weight is 257 g/mol. The standard InChI is InChI=1S/C12H23N3OS/c1-12(3-2-8-17-12)10-14-11(16)9-15-6-4-13-5-7-15/h13H,2-10H2,1H3,(H,14,16). The van der Waals surface area contributed by atoms with Gasteiger partial charge in [0, 0.05) is 37.5 Å². The van der Waals surface area contributed by atoms with E-state index in [0.717, 1.165) is 32.7 Å². The molecule has 1 unspecified atom stereocenters. The molecule has 98 valence electrons. The van der Waals surface area contributed by atoms with Crippen molar-refractivity contribution in [2.24, 2.45) is 0 Å². The fourth-order valence-electron chi connectivity index (χ4n) is 2.39. The lowest BCUT2D eigenvalue weighted by atomic mass is 10.1. The predicted octanol–water partition coefficient (Wildman–Crippen LogP) is 0.294. The van der Waals surface area contributed by atoms with Crippen LogP contribution in [-0.4, -0.2) is 60.6 Å². The second kappa shape index (κ2) is 6.07. The van der Waals surface area contributed by atoms with Gasteiger partial charge in [0.05, 0.1) is 6.54 Å². The van der Waals surface area contributed by atoms with Gasteiger partial charge in [-0.15, -0.1) is 0 Å². The van der Waals surface area contributed by atoms with Crippen LogP contribution in [0.25, 0.3) is 0 Å². The minimum Gasteiger partial charge on any atom is -0.354 e. The molecule has 5 heteroatoms. The monoisotopic (exact) mass is 257 g/mol. The van der Waals surface area contributed by atoms with Crippen molar-refractivity contribution in [3.8, 4) is 0 Å². The third-order valence-corrected chi connectivity index (χ3v) is 5.07. The van der Waals surface area contributed by atoms with Crippen molar-refractivity contribution in [2.45, 2.75) is 24.5 Å². The molecule has 0 aromatic heterocycles. The largest absolute Gasteiger partial charge is 0.354 e. The number of carbonyl (C=O) groups is 1. The van der Waals surface area contributed by atoms with Gasteiger partial charge in [-0.3, -0.25) is 9.69 Å². The molecule has 0 saturated carbocycles. The molecule has 0 aromatic carbocycles. The maximum atomic E-state index is 11.8. The van der Waals surface area contributed by atoms with Gasteiger partial charge in [-0.1, -0.05) is 0 Å². The topological polar surface area (TPSA) is 44.4 Å². The Morgan fingerprint density at radius 2 is 2.24 bits per heavy atom. The number of carbonyl (C=O) groups excluding carboxylic acids is 1. The van der Waals surface area contributed by atoms with Crippen LogP contribution in [0.4, 0.5) is 0 Å². The number of rotatable bonds is 4. The summed E-state index contributed by atoms with van der Waals surface area (Å²) in [5.74, 6) is 1.42. The normalized spacial score (nSPS) is 30.4. The first-order chi connectivity index (χ1) is 8.18. The Hall–Kier alpha value is -0.260. The first-order valence-corrected chi connectivity index (χ1v) is 7.50.